The molecule has 0 bridgehead atoms. The number of nitrogens with zero attached hydrogens (tertiary/aromatic N) is 1. The van der Waals surface area contributed by atoms with Gasteiger partial charge in [-0.3, -0.25) is 4.79 Å². The summed E-state index contributed by atoms with van der Waals surface area (Å²) in [6.45, 7) is 16.9. The Balaban J connectivity index is 2.53. The zero-order chi connectivity index (χ0) is 19.9. The largest absolute Gasteiger partial charge is 0.481 e. The van der Waals surface area contributed by atoms with Gasteiger partial charge in [-0.05, 0) is 60.8 Å². The number of hydrogen-bond donors (Lipinski definition) is 1. The molecule has 0 fully saturated rings. The molecule has 2 aromatic rings. The first kappa shape index (κ1) is 20.2. The van der Waals surface area contributed by atoms with Gasteiger partial charge in [0.05, 0.1) is 7.11 Å². The van der Waals surface area contributed by atoms with E-state index in [4.69, 9.17) is 9.72 Å². The summed E-state index contributed by atoms with van der Waals surface area (Å²) in [4.78, 5) is 19.7. The van der Waals surface area contributed by atoms with Crippen molar-refractivity contribution in [1.29, 1.82) is 0 Å². The molecule has 0 spiro atoms. The maximum atomic E-state index is 12.1. The monoisotopic (exact) mass is 356 g/mol. The van der Waals surface area contributed by atoms with Gasteiger partial charge >= 0.3 is 0 Å². The van der Waals surface area contributed by atoms with Crippen molar-refractivity contribution in [2.24, 2.45) is 0 Å². The summed E-state index contributed by atoms with van der Waals surface area (Å²) in [7, 11) is 1.68. The lowest BCUT2D eigenvalue weighted by molar-refractivity contribution is 0.376. The highest BCUT2D eigenvalue weighted by molar-refractivity contribution is 5.43. The van der Waals surface area contributed by atoms with E-state index in [-0.39, 0.29) is 16.4 Å². The summed E-state index contributed by atoms with van der Waals surface area (Å²) in [6, 6.07) is 2.16. The number of aromatic nitrogens is 2. The average Bonchev–Trinajstić information content (AvgIpc) is 2.48. The first-order chi connectivity index (χ1) is 11.9. The fourth-order valence-corrected chi connectivity index (χ4v) is 4.21. The molecule has 0 radical (unpaired) electrons. The molecule has 0 atom stereocenters. The molecule has 0 unspecified atom stereocenters. The lowest BCUT2D eigenvalue weighted by Gasteiger charge is -2.30. The van der Waals surface area contributed by atoms with E-state index < -0.39 is 0 Å². The van der Waals surface area contributed by atoms with Crippen molar-refractivity contribution in [3.05, 3.63) is 56.1 Å². The SMILES string of the molecule is COc1nc(CC(C)(C)c2c(C)c[nH]c(=O)c2C)cc(C)c1C(C)(C)C. The Labute approximate surface area is 157 Å². The Morgan fingerprint density at radius 3 is 2.19 bits per heavy atom. The minimum atomic E-state index is -0.212. The van der Waals surface area contributed by atoms with E-state index in [1.165, 1.54) is 5.56 Å². The van der Waals surface area contributed by atoms with E-state index in [1.807, 2.05) is 13.8 Å². The van der Waals surface area contributed by atoms with Crippen LogP contribution in [-0.4, -0.2) is 17.1 Å². The highest BCUT2D eigenvalue weighted by Gasteiger charge is 2.29. The average molecular weight is 357 g/mol. The first-order valence-corrected chi connectivity index (χ1v) is 9.13. The number of H-pyrrole nitrogens is 1. The van der Waals surface area contributed by atoms with Crippen molar-refractivity contribution >= 4 is 0 Å². The van der Waals surface area contributed by atoms with Crippen molar-refractivity contribution in [2.45, 2.75) is 72.6 Å². The van der Waals surface area contributed by atoms with Gasteiger partial charge in [-0.25, -0.2) is 4.98 Å². The van der Waals surface area contributed by atoms with E-state index >= 15 is 0 Å². The van der Waals surface area contributed by atoms with E-state index in [0.717, 1.165) is 34.4 Å². The lowest BCUT2D eigenvalue weighted by Crippen LogP contribution is -2.28. The second-order valence-electron chi connectivity index (χ2n) is 8.93. The van der Waals surface area contributed by atoms with Crippen LogP contribution < -0.4 is 10.3 Å². The molecule has 26 heavy (non-hydrogen) atoms. The van der Waals surface area contributed by atoms with Gasteiger partial charge in [0.25, 0.3) is 5.56 Å². The van der Waals surface area contributed by atoms with Crippen LogP contribution in [0.3, 0.4) is 0 Å². The number of nitrogens with one attached hydrogen (secondary N) is 1. The van der Waals surface area contributed by atoms with Crippen LogP contribution in [0.15, 0.2) is 17.1 Å². The molecule has 2 rings (SSSR count). The predicted molar refractivity (Wildman–Crippen MR) is 107 cm³/mol. The molecule has 0 aliphatic carbocycles. The van der Waals surface area contributed by atoms with E-state index in [2.05, 4.69) is 52.6 Å². The second-order valence-corrected chi connectivity index (χ2v) is 8.93. The zero-order valence-corrected chi connectivity index (χ0v) is 17.6. The summed E-state index contributed by atoms with van der Waals surface area (Å²) in [5.41, 5.74) is 6.03. The molecular formula is C22H32N2O2. The van der Waals surface area contributed by atoms with Crippen molar-refractivity contribution in [1.82, 2.24) is 9.97 Å². The zero-order valence-electron chi connectivity index (χ0n) is 17.6. The van der Waals surface area contributed by atoms with Gasteiger partial charge in [0, 0.05) is 23.0 Å². The van der Waals surface area contributed by atoms with Gasteiger partial charge in [-0.15, -0.1) is 0 Å². The highest BCUT2D eigenvalue weighted by atomic mass is 16.5. The van der Waals surface area contributed by atoms with Crippen LogP contribution in [0.5, 0.6) is 5.88 Å². The summed E-state index contributed by atoms with van der Waals surface area (Å²) >= 11 is 0. The molecular weight excluding hydrogens is 324 g/mol. The Bertz CT molecular complexity index is 871. The van der Waals surface area contributed by atoms with Crippen molar-refractivity contribution in [2.75, 3.05) is 7.11 Å². The number of rotatable bonds is 4. The second kappa shape index (κ2) is 6.90. The molecule has 142 valence electrons. The molecule has 0 aliphatic rings. The van der Waals surface area contributed by atoms with Crippen molar-refractivity contribution < 1.29 is 4.74 Å². The van der Waals surface area contributed by atoms with Gasteiger partial charge in [0.2, 0.25) is 5.88 Å². The first-order valence-electron chi connectivity index (χ1n) is 9.13. The van der Waals surface area contributed by atoms with Crippen LogP contribution in [0, 0.1) is 20.8 Å². The van der Waals surface area contributed by atoms with Gasteiger partial charge in [-0.1, -0.05) is 34.6 Å². The maximum Gasteiger partial charge on any atom is 0.251 e. The Morgan fingerprint density at radius 1 is 1.04 bits per heavy atom. The minimum Gasteiger partial charge on any atom is -0.481 e. The number of methoxy groups -OCH3 is 1. The number of hydrogen-bond acceptors (Lipinski definition) is 3. The third-order valence-electron chi connectivity index (χ3n) is 5.01. The van der Waals surface area contributed by atoms with Gasteiger partial charge in [0.15, 0.2) is 0 Å². The third kappa shape index (κ3) is 3.84. The van der Waals surface area contributed by atoms with Gasteiger partial charge in [0.1, 0.15) is 0 Å². The normalized spacial score (nSPS) is 12.3. The van der Waals surface area contributed by atoms with E-state index in [0.29, 0.717) is 5.88 Å². The van der Waals surface area contributed by atoms with Crippen LogP contribution >= 0.6 is 0 Å². The quantitative estimate of drug-likeness (QED) is 0.876. The van der Waals surface area contributed by atoms with Crippen LogP contribution in [0.25, 0.3) is 0 Å². The summed E-state index contributed by atoms with van der Waals surface area (Å²) in [6.07, 6.45) is 2.54. The predicted octanol–water partition coefficient (Wildman–Crippen LogP) is 4.52. The highest BCUT2D eigenvalue weighted by Crippen LogP contribution is 2.36. The Hall–Kier alpha value is -2.10. The molecule has 4 heteroatoms. The number of aromatic amines is 1. The summed E-state index contributed by atoms with van der Waals surface area (Å²) in [5, 5.41) is 0. The van der Waals surface area contributed by atoms with Crippen molar-refractivity contribution in [3.63, 3.8) is 0 Å². The molecule has 4 nitrogen and oxygen atoms in total. The standard InChI is InChI=1S/C22H32N2O2/c1-13-10-16(24-20(26-9)18(13)21(4,5)6)11-22(7,8)17-14(2)12-23-19(25)15(17)3/h10,12H,11H2,1-9H3,(H,23,25). The number of pyridine rings is 2. The molecule has 0 aliphatic heterocycles. The fourth-order valence-electron chi connectivity index (χ4n) is 4.21. The van der Waals surface area contributed by atoms with E-state index in [1.54, 1.807) is 13.3 Å². The third-order valence-corrected chi connectivity index (χ3v) is 5.01. The summed E-state index contributed by atoms with van der Waals surface area (Å²) in [5.74, 6) is 0.697. The van der Waals surface area contributed by atoms with Crippen LogP contribution in [0.2, 0.25) is 0 Å². The van der Waals surface area contributed by atoms with Gasteiger partial charge < -0.3 is 9.72 Å². The topological polar surface area (TPSA) is 55.0 Å². The van der Waals surface area contributed by atoms with Crippen LogP contribution in [0.4, 0.5) is 0 Å². The Kier molecular flexibility index (Phi) is 5.36. The van der Waals surface area contributed by atoms with E-state index in [9.17, 15) is 4.79 Å². The minimum absolute atomic E-state index is 0.0246. The molecule has 0 saturated heterocycles. The molecule has 1 N–H and O–H groups in total. The molecule has 0 aromatic carbocycles. The molecule has 0 saturated carbocycles. The molecule has 2 aromatic heterocycles. The van der Waals surface area contributed by atoms with Crippen LogP contribution in [-0.2, 0) is 17.3 Å². The van der Waals surface area contributed by atoms with Crippen molar-refractivity contribution in [3.8, 4) is 5.88 Å². The van der Waals surface area contributed by atoms with Crippen LogP contribution in [0.1, 0.15) is 68.1 Å². The number of ether oxygens (including phenoxy) is 1. The molecule has 2 heterocycles. The summed E-state index contributed by atoms with van der Waals surface area (Å²) < 4.78 is 5.61. The maximum absolute atomic E-state index is 12.1. The lowest BCUT2D eigenvalue weighted by atomic mass is 9.76. The fraction of sp³-hybridized carbons (Fsp3) is 0.545. The Morgan fingerprint density at radius 2 is 1.65 bits per heavy atom. The molecule has 0 amide bonds. The smallest absolute Gasteiger partial charge is 0.251 e. The number of aryl methyl sites for hydroxylation is 2. The van der Waals surface area contributed by atoms with Gasteiger partial charge in [-0.2, -0.15) is 0 Å².